The van der Waals surface area contributed by atoms with Gasteiger partial charge in [-0.2, -0.15) is 0 Å². The molecule has 0 spiro atoms. The van der Waals surface area contributed by atoms with Gasteiger partial charge in [-0.25, -0.2) is 9.37 Å². The number of aromatic nitrogens is 2. The van der Waals surface area contributed by atoms with E-state index in [1.165, 1.54) is 12.1 Å². The average Bonchev–Trinajstić information content (AvgIpc) is 3.10. The van der Waals surface area contributed by atoms with Crippen LogP contribution in [0.1, 0.15) is 31.2 Å². The van der Waals surface area contributed by atoms with Crippen molar-refractivity contribution in [2.45, 2.75) is 44.7 Å². The molecule has 1 N–H and O–H groups in total. The summed E-state index contributed by atoms with van der Waals surface area (Å²) in [5.74, 6) is -1.05. The number of amides is 1. The number of benzene rings is 1. The molecule has 1 amide bonds. The molecule has 0 aliphatic carbocycles. The molecule has 6 heteroatoms. The van der Waals surface area contributed by atoms with Gasteiger partial charge in [-0.05, 0) is 43.4 Å². The topological polar surface area (TPSA) is 58.4 Å². The van der Waals surface area contributed by atoms with E-state index in [4.69, 9.17) is 0 Å². The number of hydrogen-bond acceptors (Lipinski definition) is 3. The summed E-state index contributed by atoms with van der Waals surface area (Å²) in [6.07, 6.45) is 9.67. The summed E-state index contributed by atoms with van der Waals surface area (Å²) in [6, 6.07) is 4.35. The molecule has 0 unspecified atom stereocenters. The van der Waals surface area contributed by atoms with Gasteiger partial charge in [-0.3, -0.25) is 4.79 Å². The van der Waals surface area contributed by atoms with Crippen LogP contribution in [-0.4, -0.2) is 38.1 Å². The second-order valence-corrected chi connectivity index (χ2v) is 6.29. The van der Waals surface area contributed by atoms with Gasteiger partial charge in [0.15, 0.2) is 11.6 Å². The molecule has 0 bridgehead atoms. The van der Waals surface area contributed by atoms with Crippen molar-refractivity contribution in [2.75, 3.05) is 6.54 Å². The molecule has 1 atom stereocenters. The van der Waals surface area contributed by atoms with E-state index in [-0.39, 0.29) is 24.1 Å². The Balaban J connectivity index is 1.63. The van der Waals surface area contributed by atoms with Crippen LogP contribution in [0.25, 0.3) is 0 Å². The molecule has 1 aliphatic heterocycles. The minimum absolute atomic E-state index is 0.0235. The molecule has 1 aromatic heterocycles. The number of imidazole rings is 1. The Morgan fingerprint density at radius 3 is 3.00 bits per heavy atom. The second kappa shape index (κ2) is 7.47. The van der Waals surface area contributed by atoms with Crippen LogP contribution in [0.2, 0.25) is 0 Å². The van der Waals surface area contributed by atoms with Crippen LogP contribution in [0.15, 0.2) is 36.9 Å². The molecule has 24 heavy (non-hydrogen) atoms. The standard InChI is InChI=1S/C18H22FN3O2/c19-16-11-14(4-5-17(16)23)12-18(24)22-8-2-1-3-15(22)6-9-21-10-7-20-13-21/h4-5,7,10-11,13,15,23H,1-3,6,8-9,12H2/t15-/m1/s1. The van der Waals surface area contributed by atoms with Gasteiger partial charge < -0.3 is 14.6 Å². The molecule has 128 valence electrons. The fourth-order valence-electron chi connectivity index (χ4n) is 3.28. The van der Waals surface area contributed by atoms with Gasteiger partial charge in [0.25, 0.3) is 0 Å². The number of likely N-dealkylation sites (tertiary alicyclic amines) is 1. The highest BCUT2D eigenvalue weighted by atomic mass is 19.1. The van der Waals surface area contributed by atoms with Gasteiger partial charge in [0.2, 0.25) is 5.91 Å². The maximum atomic E-state index is 13.4. The number of phenols is 1. The van der Waals surface area contributed by atoms with Gasteiger partial charge in [0.05, 0.1) is 12.7 Å². The lowest BCUT2D eigenvalue weighted by Crippen LogP contribution is -2.44. The van der Waals surface area contributed by atoms with E-state index in [1.54, 1.807) is 18.6 Å². The fraction of sp³-hybridized carbons (Fsp3) is 0.444. The smallest absolute Gasteiger partial charge is 0.227 e. The number of rotatable bonds is 5. The van der Waals surface area contributed by atoms with Crippen LogP contribution < -0.4 is 0 Å². The molecular formula is C18H22FN3O2. The van der Waals surface area contributed by atoms with E-state index >= 15 is 0 Å². The lowest BCUT2D eigenvalue weighted by Gasteiger charge is -2.36. The normalized spacial score (nSPS) is 17.9. The van der Waals surface area contributed by atoms with Crippen molar-refractivity contribution in [3.8, 4) is 5.75 Å². The quantitative estimate of drug-likeness (QED) is 0.916. The highest BCUT2D eigenvalue weighted by Crippen LogP contribution is 2.22. The zero-order chi connectivity index (χ0) is 16.9. The Bertz CT molecular complexity index is 688. The van der Waals surface area contributed by atoms with E-state index < -0.39 is 5.82 Å². The van der Waals surface area contributed by atoms with Crippen molar-refractivity contribution in [3.05, 3.63) is 48.3 Å². The molecule has 1 saturated heterocycles. The zero-order valence-corrected chi connectivity index (χ0v) is 13.6. The number of aromatic hydroxyl groups is 1. The highest BCUT2D eigenvalue weighted by Gasteiger charge is 2.26. The molecule has 2 aromatic rings. The Hall–Kier alpha value is -2.37. The highest BCUT2D eigenvalue weighted by molar-refractivity contribution is 5.79. The van der Waals surface area contributed by atoms with Crippen molar-refractivity contribution < 1.29 is 14.3 Å². The van der Waals surface area contributed by atoms with Crippen molar-refractivity contribution in [1.29, 1.82) is 0 Å². The third kappa shape index (κ3) is 3.93. The van der Waals surface area contributed by atoms with Crippen molar-refractivity contribution in [3.63, 3.8) is 0 Å². The van der Waals surface area contributed by atoms with Crippen LogP contribution in [0.3, 0.4) is 0 Å². The fourth-order valence-corrected chi connectivity index (χ4v) is 3.28. The number of carbonyl (C=O) groups is 1. The molecule has 0 saturated carbocycles. The summed E-state index contributed by atoms with van der Waals surface area (Å²) in [5.41, 5.74) is 0.592. The molecule has 0 radical (unpaired) electrons. The first kappa shape index (κ1) is 16.5. The SMILES string of the molecule is O=C(Cc1ccc(O)c(F)c1)N1CCCC[C@@H]1CCn1ccnc1. The first-order chi connectivity index (χ1) is 11.6. The van der Waals surface area contributed by atoms with Crippen LogP contribution in [0.5, 0.6) is 5.75 Å². The predicted molar refractivity (Wildman–Crippen MR) is 88.0 cm³/mol. The maximum Gasteiger partial charge on any atom is 0.227 e. The van der Waals surface area contributed by atoms with Crippen LogP contribution in [0.4, 0.5) is 4.39 Å². The predicted octanol–water partition coefficient (Wildman–Crippen LogP) is 2.74. The van der Waals surface area contributed by atoms with E-state index in [0.717, 1.165) is 38.8 Å². The number of halogens is 1. The molecule has 2 heterocycles. The first-order valence-corrected chi connectivity index (χ1v) is 8.36. The van der Waals surface area contributed by atoms with E-state index in [2.05, 4.69) is 4.98 Å². The van der Waals surface area contributed by atoms with Crippen LogP contribution in [-0.2, 0) is 17.8 Å². The largest absolute Gasteiger partial charge is 0.505 e. The third-order valence-corrected chi connectivity index (χ3v) is 4.59. The number of carbonyl (C=O) groups excluding carboxylic acids is 1. The summed E-state index contributed by atoms with van der Waals surface area (Å²) in [4.78, 5) is 18.6. The van der Waals surface area contributed by atoms with Gasteiger partial charge in [-0.1, -0.05) is 6.07 Å². The minimum Gasteiger partial charge on any atom is -0.505 e. The van der Waals surface area contributed by atoms with Crippen molar-refractivity contribution >= 4 is 5.91 Å². The molecule has 5 nitrogen and oxygen atoms in total. The van der Waals surface area contributed by atoms with E-state index in [1.807, 2.05) is 15.7 Å². The first-order valence-electron chi connectivity index (χ1n) is 8.36. The number of hydrogen-bond donors (Lipinski definition) is 1. The zero-order valence-electron chi connectivity index (χ0n) is 13.6. The Morgan fingerprint density at radius 2 is 2.25 bits per heavy atom. The summed E-state index contributed by atoms with van der Waals surface area (Å²) < 4.78 is 15.5. The summed E-state index contributed by atoms with van der Waals surface area (Å²) in [5, 5.41) is 9.25. The maximum absolute atomic E-state index is 13.4. The number of piperidine rings is 1. The second-order valence-electron chi connectivity index (χ2n) is 6.29. The number of aryl methyl sites for hydroxylation is 1. The molecular weight excluding hydrogens is 309 g/mol. The monoisotopic (exact) mass is 331 g/mol. The third-order valence-electron chi connectivity index (χ3n) is 4.59. The molecule has 3 rings (SSSR count). The van der Waals surface area contributed by atoms with Gasteiger partial charge >= 0.3 is 0 Å². The van der Waals surface area contributed by atoms with Gasteiger partial charge in [0.1, 0.15) is 0 Å². The van der Waals surface area contributed by atoms with Crippen LogP contribution in [0, 0.1) is 5.82 Å². The Labute approximate surface area is 140 Å². The molecule has 1 aliphatic rings. The summed E-state index contributed by atoms with van der Waals surface area (Å²) in [7, 11) is 0. The molecule has 1 fully saturated rings. The average molecular weight is 331 g/mol. The van der Waals surface area contributed by atoms with Gasteiger partial charge in [-0.15, -0.1) is 0 Å². The minimum atomic E-state index is -0.685. The van der Waals surface area contributed by atoms with Crippen molar-refractivity contribution in [2.24, 2.45) is 0 Å². The Morgan fingerprint density at radius 1 is 1.38 bits per heavy atom. The summed E-state index contributed by atoms with van der Waals surface area (Å²) >= 11 is 0. The van der Waals surface area contributed by atoms with Gasteiger partial charge in [0, 0.05) is 31.5 Å². The lowest BCUT2D eigenvalue weighted by molar-refractivity contribution is -0.134. The number of nitrogens with zero attached hydrogens (tertiary/aromatic N) is 3. The van der Waals surface area contributed by atoms with E-state index in [0.29, 0.717) is 5.56 Å². The number of phenolic OH excluding ortho intramolecular Hbond substituents is 1. The summed E-state index contributed by atoms with van der Waals surface area (Å²) in [6.45, 7) is 1.59. The Kier molecular flexibility index (Phi) is 5.13. The van der Waals surface area contributed by atoms with Crippen molar-refractivity contribution in [1.82, 2.24) is 14.5 Å². The lowest BCUT2D eigenvalue weighted by atomic mass is 9.98. The van der Waals surface area contributed by atoms with E-state index in [9.17, 15) is 14.3 Å². The molecule has 1 aromatic carbocycles. The van der Waals surface area contributed by atoms with Crippen LogP contribution >= 0.6 is 0 Å².